The zero-order valence-corrected chi connectivity index (χ0v) is 21.7. The maximum absolute atomic E-state index is 15.2. The Balaban J connectivity index is 1.70. The Morgan fingerprint density at radius 3 is 2.67 bits per heavy atom. The van der Waals surface area contributed by atoms with Gasteiger partial charge in [0.1, 0.15) is 17.6 Å². The van der Waals surface area contributed by atoms with Crippen LogP contribution in [0, 0.1) is 19.7 Å². The molecule has 11 heteroatoms. The van der Waals surface area contributed by atoms with Gasteiger partial charge in [0.05, 0.1) is 38.0 Å². The molecule has 0 saturated carbocycles. The van der Waals surface area contributed by atoms with E-state index < -0.39 is 29.3 Å². The minimum absolute atomic E-state index is 0.00903. The summed E-state index contributed by atoms with van der Waals surface area (Å²) in [5.41, 5.74) is 0.662. The number of anilines is 1. The summed E-state index contributed by atoms with van der Waals surface area (Å²) in [6, 6.07) is 8.05. The third-order valence-electron chi connectivity index (χ3n) is 5.70. The van der Waals surface area contributed by atoms with E-state index in [1.165, 1.54) is 18.2 Å². The number of hydrogen-bond donors (Lipinski definition) is 1. The number of nitrogens with zero attached hydrogens (tertiary/aromatic N) is 3. The number of hydrogen-bond acceptors (Lipinski definition) is 8. The lowest BCUT2D eigenvalue weighted by molar-refractivity contribution is -0.117. The van der Waals surface area contributed by atoms with Gasteiger partial charge in [-0.2, -0.15) is 0 Å². The number of ketones is 1. The van der Waals surface area contributed by atoms with Gasteiger partial charge < -0.3 is 9.84 Å². The number of benzene rings is 2. The second kappa shape index (κ2) is 9.27. The van der Waals surface area contributed by atoms with Crippen LogP contribution in [0.1, 0.15) is 38.9 Å². The van der Waals surface area contributed by atoms with Gasteiger partial charge in [0.25, 0.3) is 5.91 Å². The highest BCUT2D eigenvalue weighted by atomic mass is 35.5. The highest BCUT2D eigenvalue weighted by Gasteiger charge is 2.48. The minimum atomic E-state index is -1.33. The van der Waals surface area contributed by atoms with E-state index in [1.54, 1.807) is 32.0 Å². The molecule has 0 saturated heterocycles. The molecule has 1 unspecified atom stereocenters. The van der Waals surface area contributed by atoms with Crippen LogP contribution in [0.5, 0.6) is 5.75 Å². The fourth-order valence-electron chi connectivity index (χ4n) is 4.20. The number of halogens is 2. The summed E-state index contributed by atoms with van der Waals surface area (Å²) in [6.07, 6.45) is 0. The Hall–Kier alpha value is -3.34. The molecule has 2 aromatic heterocycles. The van der Waals surface area contributed by atoms with E-state index in [9.17, 15) is 14.7 Å². The molecule has 1 N–H and O–H groups in total. The van der Waals surface area contributed by atoms with Gasteiger partial charge in [-0.3, -0.25) is 14.5 Å². The molecule has 1 amide bonds. The number of carbonyl (C=O) groups is 2. The van der Waals surface area contributed by atoms with Gasteiger partial charge in [-0.1, -0.05) is 29.0 Å². The van der Waals surface area contributed by atoms with E-state index in [2.05, 4.69) is 9.97 Å². The first-order chi connectivity index (χ1) is 17.2. The number of fused-ring (bicyclic) bond motifs is 1. The molecule has 1 aliphatic rings. The second-order valence-corrected chi connectivity index (χ2v) is 10.6. The van der Waals surface area contributed by atoms with Gasteiger partial charge in [0.15, 0.2) is 10.9 Å². The van der Waals surface area contributed by atoms with Crippen molar-refractivity contribution in [2.75, 3.05) is 11.5 Å². The summed E-state index contributed by atoms with van der Waals surface area (Å²) in [5.74, 6) is -2.35. The molecular formula is C25H19ClFN3O4S2. The number of carbonyl (C=O) groups excluding carboxylic acids is 2. The molecule has 0 spiro atoms. The smallest absolute Gasteiger partial charge is 0.296 e. The summed E-state index contributed by atoms with van der Waals surface area (Å²) in [5, 5.41) is 11.8. The van der Waals surface area contributed by atoms with Crippen molar-refractivity contribution in [1.29, 1.82) is 0 Å². The van der Waals surface area contributed by atoms with E-state index in [4.69, 9.17) is 16.3 Å². The molecule has 0 fully saturated rings. The molecule has 7 nitrogen and oxygen atoms in total. The number of ether oxygens (including phenoxy) is 1. The third-order valence-corrected chi connectivity index (χ3v) is 8.12. The molecule has 184 valence electrons. The Kier molecular flexibility index (Phi) is 6.27. The number of Topliss-reactive ketones (excluding diaryl/α,β-unsaturated/α-hetero) is 1. The van der Waals surface area contributed by atoms with E-state index in [1.807, 2.05) is 6.92 Å². The topological polar surface area (TPSA) is 92.6 Å². The van der Waals surface area contributed by atoms with Crippen LogP contribution in [0.15, 0.2) is 47.7 Å². The largest absolute Gasteiger partial charge is 0.503 e. The standard InChI is InChI=1S/C25H19ClFN3O4S2/c1-4-34-13-8-9-16-17(10-13)36-25(29-16)30-20(18-14(26)6-5-7-15(18)27)19(22(32)24(30)33)21(31)23-11(2)28-12(3)35-23/h5-10,20,32H,4H2,1-3H3. The maximum Gasteiger partial charge on any atom is 0.296 e. The first-order valence-electron chi connectivity index (χ1n) is 10.9. The number of thiazole rings is 2. The van der Waals surface area contributed by atoms with Gasteiger partial charge >= 0.3 is 0 Å². The van der Waals surface area contributed by atoms with Gasteiger partial charge in [-0.05, 0) is 51.1 Å². The van der Waals surface area contributed by atoms with E-state index >= 15 is 4.39 Å². The second-order valence-electron chi connectivity index (χ2n) is 8.01. The van der Waals surface area contributed by atoms with Crippen LogP contribution in [0.2, 0.25) is 5.02 Å². The number of aliphatic hydroxyl groups is 1. The molecule has 0 bridgehead atoms. The average Bonchev–Trinajstić information content (AvgIpc) is 3.47. The molecule has 3 heterocycles. The van der Waals surface area contributed by atoms with Crippen molar-refractivity contribution in [3.63, 3.8) is 0 Å². The monoisotopic (exact) mass is 543 g/mol. The molecule has 1 aliphatic heterocycles. The lowest BCUT2D eigenvalue weighted by atomic mass is 9.94. The third kappa shape index (κ3) is 3.95. The zero-order valence-electron chi connectivity index (χ0n) is 19.3. The quantitative estimate of drug-likeness (QED) is 0.285. The van der Waals surface area contributed by atoms with Crippen LogP contribution in [0.25, 0.3) is 10.2 Å². The van der Waals surface area contributed by atoms with Gasteiger partial charge in [0, 0.05) is 10.6 Å². The number of amides is 1. The van der Waals surface area contributed by atoms with E-state index in [0.29, 0.717) is 28.6 Å². The van der Waals surface area contributed by atoms with Crippen LogP contribution < -0.4 is 9.64 Å². The molecule has 5 rings (SSSR count). The summed E-state index contributed by atoms with van der Waals surface area (Å²) in [6.45, 7) is 5.76. The lowest BCUT2D eigenvalue weighted by Crippen LogP contribution is -2.31. The highest BCUT2D eigenvalue weighted by molar-refractivity contribution is 7.22. The first kappa shape index (κ1) is 24.4. The van der Waals surface area contributed by atoms with Crippen LogP contribution >= 0.6 is 34.3 Å². The average molecular weight is 544 g/mol. The molecule has 2 aromatic carbocycles. The molecule has 1 atom stereocenters. The van der Waals surface area contributed by atoms with Gasteiger partial charge in [-0.25, -0.2) is 14.4 Å². The van der Waals surface area contributed by atoms with Crippen molar-refractivity contribution in [1.82, 2.24) is 9.97 Å². The van der Waals surface area contributed by atoms with E-state index in [-0.39, 0.29) is 26.2 Å². The normalized spacial score (nSPS) is 15.9. The lowest BCUT2D eigenvalue weighted by Gasteiger charge is -2.25. The van der Waals surface area contributed by atoms with E-state index in [0.717, 1.165) is 32.3 Å². The number of aliphatic hydroxyl groups excluding tert-OH is 1. The van der Waals surface area contributed by atoms with Crippen molar-refractivity contribution < 1.29 is 23.8 Å². The summed E-state index contributed by atoms with van der Waals surface area (Å²) < 4.78 is 21.5. The molecule has 36 heavy (non-hydrogen) atoms. The minimum Gasteiger partial charge on any atom is -0.503 e. The molecular weight excluding hydrogens is 525 g/mol. The Labute approximate surface area is 218 Å². The van der Waals surface area contributed by atoms with Crippen molar-refractivity contribution >= 4 is 61.3 Å². The van der Waals surface area contributed by atoms with Crippen LogP contribution in [0.3, 0.4) is 0 Å². The highest BCUT2D eigenvalue weighted by Crippen LogP contribution is 2.47. The Morgan fingerprint density at radius 1 is 1.22 bits per heavy atom. The molecule has 0 aliphatic carbocycles. The first-order valence-corrected chi connectivity index (χ1v) is 12.9. The Morgan fingerprint density at radius 2 is 2.00 bits per heavy atom. The van der Waals surface area contributed by atoms with Crippen molar-refractivity contribution in [2.24, 2.45) is 0 Å². The fraction of sp³-hybridized carbons (Fsp3) is 0.200. The number of aromatic nitrogens is 2. The van der Waals surface area contributed by atoms with Crippen molar-refractivity contribution in [2.45, 2.75) is 26.8 Å². The summed E-state index contributed by atoms with van der Waals surface area (Å²) in [4.78, 5) is 37.3. The predicted octanol–water partition coefficient (Wildman–Crippen LogP) is 6.34. The van der Waals surface area contributed by atoms with Crippen LogP contribution in [-0.4, -0.2) is 33.4 Å². The zero-order chi connectivity index (χ0) is 25.7. The SMILES string of the molecule is CCOc1ccc2nc(N3C(=O)C(O)=C(C(=O)c4sc(C)nc4C)C3c3c(F)cccc3Cl)sc2c1. The van der Waals surface area contributed by atoms with Crippen LogP contribution in [0.4, 0.5) is 9.52 Å². The van der Waals surface area contributed by atoms with Gasteiger partial charge in [0.2, 0.25) is 5.78 Å². The van der Waals surface area contributed by atoms with Crippen molar-refractivity contribution in [3.05, 3.63) is 79.7 Å². The maximum atomic E-state index is 15.2. The molecule has 4 aromatic rings. The summed E-state index contributed by atoms with van der Waals surface area (Å²) in [7, 11) is 0. The summed E-state index contributed by atoms with van der Waals surface area (Å²) >= 11 is 8.70. The number of rotatable bonds is 6. The van der Waals surface area contributed by atoms with Crippen molar-refractivity contribution in [3.8, 4) is 5.75 Å². The van der Waals surface area contributed by atoms with Crippen LogP contribution in [-0.2, 0) is 4.79 Å². The Bertz CT molecular complexity index is 1560. The fourth-order valence-corrected chi connectivity index (χ4v) is 6.36. The molecule has 0 radical (unpaired) electrons. The van der Waals surface area contributed by atoms with Gasteiger partial charge in [-0.15, -0.1) is 11.3 Å². The number of aryl methyl sites for hydroxylation is 2. The predicted molar refractivity (Wildman–Crippen MR) is 138 cm³/mol.